The van der Waals surface area contributed by atoms with Crippen LogP contribution in [0.4, 0.5) is 0 Å². The molecule has 1 amide bonds. The molecule has 0 aromatic carbocycles. The second kappa shape index (κ2) is 9.36. The molecular weight excluding hydrogens is 282 g/mol. The van der Waals surface area contributed by atoms with Crippen molar-refractivity contribution >= 4 is 23.1 Å². The molecule has 0 aromatic heterocycles. The van der Waals surface area contributed by atoms with Gasteiger partial charge in [0.15, 0.2) is 0 Å². The van der Waals surface area contributed by atoms with E-state index in [9.17, 15) is 4.79 Å². The third kappa shape index (κ3) is 5.22. The molecule has 4 nitrogen and oxygen atoms in total. The van der Waals surface area contributed by atoms with Gasteiger partial charge in [-0.3, -0.25) is 4.79 Å². The van der Waals surface area contributed by atoms with E-state index in [1.54, 1.807) is 0 Å². The Morgan fingerprint density at radius 3 is 2.29 bits per heavy atom. The van der Waals surface area contributed by atoms with E-state index in [4.69, 9.17) is 18.0 Å². The average Bonchev–Trinajstić information content (AvgIpc) is 2.95. The van der Waals surface area contributed by atoms with Crippen molar-refractivity contribution in [3.8, 4) is 0 Å². The molecule has 1 heterocycles. The zero-order valence-electron chi connectivity index (χ0n) is 13.6. The van der Waals surface area contributed by atoms with Gasteiger partial charge in [0, 0.05) is 6.54 Å². The average molecular weight is 314 g/mol. The first-order valence-electron chi connectivity index (χ1n) is 8.37. The van der Waals surface area contributed by atoms with Crippen molar-refractivity contribution in [2.75, 3.05) is 26.2 Å². The Hall–Kier alpha value is -0.680. The maximum absolute atomic E-state index is 12.6. The fourth-order valence-electron chi connectivity index (χ4n) is 3.24. The maximum atomic E-state index is 12.6. The zero-order valence-corrected chi connectivity index (χ0v) is 14.4. The van der Waals surface area contributed by atoms with Gasteiger partial charge < -0.3 is 16.0 Å². The van der Waals surface area contributed by atoms with Gasteiger partial charge in [0.25, 0.3) is 0 Å². The molecule has 0 aromatic rings. The van der Waals surface area contributed by atoms with Crippen LogP contribution in [0.2, 0.25) is 0 Å². The molecule has 21 heavy (non-hydrogen) atoms. The van der Waals surface area contributed by atoms with E-state index in [2.05, 4.69) is 24.1 Å². The van der Waals surface area contributed by atoms with Crippen LogP contribution in [-0.2, 0) is 4.79 Å². The standard InChI is InChI=1S/C16H31N3OS/c1-3-8-16(9-4-2,14(17)21)15(20)18-10-7-13-19-11-5-6-12-19/h3-13H2,1-2H3,(H2,17,21)(H,18,20). The Labute approximate surface area is 134 Å². The van der Waals surface area contributed by atoms with Crippen LogP contribution in [0.5, 0.6) is 0 Å². The first kappa shape index (κ1) is 18.4. The van der Waals surface area contributed by atoms with Gasteiger partial charge in [0.05, 0.1) is 10.4 Å². The van der Waals surface area contributed by atoms with E-state index < -0.39 is 5.41 Å². The van der Waals surface area contributed by atoms with Gasteiger partial charge in [-0.2, -0.15) is 0 Å². The van der Waals surface area contributed by atoms with E-state index in [-0.39, 0.29) is 5.91 Å². The van der Waals surface area contributed by atoms with Crippen LogP contribution in [-0.4, -0.2) is 42.0 Å². The van der Waals surface area contributed by atoms with Gasteiger partial charge in [0.2, 0.25) is 5.91 Å². The van der Waals surface area contributed by atoms with Gasteiger partial charge in [-0.15, -0.1) is 0 Å². The van der Waals surface area contributed by atoms with E-state index in [0.717, 1.165) is 38.6 Å². The number of carbonyl (C=O) groups is 1. The molecular formula is C16H31N3OS. The summed E-state index contributed by atoms with van der Waals surface area (Å²) >= 11 is 5.21. The van der Waals surface area contributed by atoms with Crippen molar-refractivity contribution in [3.05, 3.63) is 0 Å². The molecule has 1 saturated heterocycles. The van der Waals surface area contributed by atoms with Crippen molar-refractivity contribution in [2.24, 2.45) is 11.1 Å². The normalized spacial score (nSPS) is 16.1. The van der Waals surface area contributed by atoms with Crippen molar-refractivity contribution in [3.63, 3.8) is 0 Å². The number of nitrogens with two attached hydrogens (primary N) is 1. The van der Waals surface area contributed by atoms with Crippen LogP contribution >= 0.6 is 12.2 Å². The summed E-state index contributed by atoms with van der Waals surface area (Å²) in [5, 5.41) is 3.07. The monoisotopic (exact) mass is 313 g/mol. The molecule has 1 aliphatic rings. The molecule has 5 heteroatoms. The number of likely N-dealkylation sites (tertiary alicyclic amines) is 1. The lowest BCUT2D eigenvalue weighted by molar-refractivity contribution is -0.128. The number of carbonyl (C=O) groups excluding carboxylic acids is 1. The molecule has 1 fully saturated rings. The highest BCUT2D eigenvalue weighted by Crippen LogP contribution is 2.30. The van der Waals surface area contributed by atoms with Crippen molar-refractivity contribution < 1.29 is 4.79 Å². The number of nitrogens with one attached hydrogen (secondary N) is 1. The summed E-state index contributed by atoms with van der Waals surface area (Å²) in [6, 6.07) is 0. The lowest BCUT2D eigenvalue weighted by atomic mass is 9.78. The quantitative estimate of drug-likeness (QED) is 0.480. The highest BCUT2D eigenvalue weighted by molar-refractivity contribution is 7.80. The van der Waals surface area contributed by atoms with Crippen molar-refractivity contribution in [2.45, 2.75) is 58.8 Å². The van der Waals surface area contributed by atoms with Gasteiger partial charge in [-0.1, -0.05) is 38.9 Å². The zero-order chi connectivity index (χ0) is 15.7. The minimum absolute atomic E-state index is 0.0279. The minimum atomic E-state index is -0.646. The molecule has 1 rings (SSSR count). The summed E-state index contributed by atoms with van der Waals surface area (Å²) in [6.45, 7) is 8.34. The molecule has 0 atom stereocenters. The molecule has 0 bridgehead atoms. The number of rotatable bonds is 10. The largest absolute Gasteiger partial charge is 0.392 e. The Morgan fingerprint density at radius 1 is 1.24 bits per heavy atom. The number of thiocarbonyl (C=S) groups is 1. The Balaban J connectivity index is 2.45. The first-order valence-corrected chi connectivity index (χ1v) is 8.78. The predicted octanol–water partition coefficient (Wildman–Crippen LogP) is 2.46. The van der Waals surface area contributed by atoms with Crippen LogP contribution in [0.3, 0.4) is 0 Å². The molecule has 0 saturated carbocycles. The Morgan fingerprint density at radius 2 is 1.81 bits per heavy atom. The molecule has 0 radical (unpaired) electrons. The third-order valence-electron chi connectivity index (χ3n) is 4.40. The molecule has 1 aliphatic heterocycles. The van der Waals surface area contributed by atoms with Crippen LogP contribution in [0.15, 0.2) is 0 Å². The lowest BCUT2D eigenvalue weighted by Crippen LogP contribution is -2.49. The Bertz CT molecular complexity index is 334. The summed E-state index contributed by atoms with van der Waals surface area (Å²) < 4.78 is 0. The second-order valence-corrected chi connectivity index (χ2v) is 6.54. The van der Waals surface area contributed by atoms with E-state index >= 15 is 0 Å². The van der Waals surface area contributed by atoms with Gasteiger partial charge in [-0.25, -0.2) is 0 Å². The predicted molar refractivity (Wildman–Crippen MR) is 92.3 cm³/mol. The van der Waals surface area contributed by atoms with Crippen LogP contribution < -0.4 is 11.1 Å². The Kier molecular flexibility index (Phi) is 8.19. The van der Waals surface area contributed by atoms with Gasteiger partial charge in [0.1, 0.15) is 0 Å². The summed E-state index contributed by atoms with van der Waals surface area (Å²) in [5.74, 6) is 0.0279. The number of amides is 1. The minimum Gasteiger partial charge on any atom is -0.392 e. The van der Waals surface area contributed by atoms with E-state index in [0.29, 0.717) is 11.5 Å². The van der Waals surface area contributed by atoms with Crippen LogP contribution in [0.1, 0.15) is 58.8 Å². The fourth-order valence-corrected chi connectivity index (χ4v) is 3.54. The molecule has 0 aliphatic carbocycles. The van der Waals surface area contributed by atoms with E-state index in [1.807, 2.05) is 0 Å². The summed E-state index contributed by atoms with van der Waals surface area (Å²) in [6.07, 6.45) is 6.94. The summed E-state index contributed by atoms with van der Waals surface area (Å²) in [7, 11) is 0. The first-order chi connectivity index (χ1) is 10.1. The summed E-state index contributed by atoms with van der Waals surface area (Å²) in [4.78, 5) is 15.4. The smallest absolute Gasteiger partial charge is 0.233 e. The van der Waals surface area contributed by atoms with Gasteiger partial charge >= 0.3 is 0 Å². The topological polar surface area (TPSA) is 58.4 Å². The number of hydrogen-bond donors (Lipinski definition) is 2. The summed E-state index contributed by atoms with van der Waals surface area (Å²) in [5.41, 5.74) is 5.26. The third-order valence-corrected chi connectivity index (χ3v) is 4.79. The maximum Gasteiger partial charge on any atom is 0.233 e. The van der Waals surface area contributed by atoms with Gasteiger partial charge in [-0.05, 0) is 51.7 Å². The SMILES string of the molecule is CCCC(CCC)(C(=O)NCCCN1CCCC1)C(N)=S. The molecule has 122 valence electrons. The molecule has 0 unspecified atom stereocenters. The van der Waals surface area contributed by atoms with E-state index in [1.165, 1.54) is 25.9 Å². The highest BCUT2D eigenvalue weighted by Gasteiger charge is 2.39. The van der Waals surface area contributed by atoms with Crippen molar-refractivity contribution in [1.29, 1.82) is 0 Å². The number of nitrogens with zero attached hydrogens (tertiary/aromatic N) is 1. The fraction of sp³-hybridized carbons (Fsp3) is 0.875. The number of hydrogen-bond acceptors (Lipinski definition) is 3. The van der Waals surface area contributed by atoms with Crippen LogP contribution in [0.25, 0.3) is 0 Å². The second-order valence-electron chi connectivity index (χ2n) is 6.10. The van der Waals surface area contributed by atoms with Crippen molar-refractivity contribution in [1.82, 2.24) is 10.2 Å². The lowest BCUT2D eigenvalue weighted by Gasteiger charge is -2.31. The molecule has 3 N–H and O–H groups in total. The highest BCUT2D eigenvalue weighted by atomic mass is 32.1. The van der Waals surface area contributed by atoms with Crippen LogP contribution in [0, 0.1) is 5.41 Å². The molecule has 0 spiro atoms.